The largest absolute Gasteiger partial charge is 0.493 e. The van der Waals surface area contributed by atoms with E-state index in [0.29, 0.717) is 30.2 Å². The highest BCUT2D eigenvalue weighted by molar-refractivity contribution is 5.76. The van der Waals surface area contributed by atoms with Crippen molar-refractivity contribution in [2.75, 3.05) is 6.61 Å². The zero-order valence-corrected chi connectivity index (χ0v) is 19.1. The lowest BCUT2D eigenvalue weighted by Gasteiger charge is -2.11. The highest BCUT2D eigenvalue weighted by Crippen LogP contribution is 2.34. The minimum Gasteiger partial charge on any atom is -0.493 e. The molecular weight excluding hydrogens is 431 g/mol. The summed E-state index contributed by atoms with van der Waals surface area (Å²) in [5.74, 6) is -0.532. The van der Waals surface area contributed by atoms with Crippen molar-refractivity contribution < 1.29 is 19.0 Å². The molecule has 34 heavy (non-hydrogen) atoms. The van der Waals surface area contributed by atoms with E-state index in [-0.39, 0.29) is 12.2 Å². The van der Waals surface area contributed by atoms with Gasteiger partial charge in [-0.05, 0) is 60.0 Å². The normalized spacial score (nSPS) is 10.9. The van der Waals surface area contributed by atoms with Gasteiger partial charge in [0.15, 0.2) is 0 Å². The Hall–Kier alpha value is -3.93. The van der Waals surface area contributed by atoms with Crippen LogP contribution in [0, 0.1) is 5.82 Å². The van der Waals surface area contributed by atoms with Gasteiger partial charge in [0.25, 0.3) is 0 Å². The number of hydrogen-bond donors (Lipinski definition) is 1. The van der Waals surface area contributed by atoms with Crippen molar-refractivity contribution in [1.29, 1.82) is 0 Å². The van der Waals surface area contributed by atoms with Gasteiger partial charge in [-0.2, -0.15) is 5.10 Å². The second-order valence-corrected chi connectivity index (χ2v) is 8.17. The summed E-state index contributed by atoms with van der Waals surface area (Å²) >= 11 is 0. The molecule has 0 saturated carbocycles. The molecule has 0 spiro atoms. The predicted octanol–water partition coefficient (Wildman–Crippen LogP) is 6.21. The first kappa shape index (κ1) is 23.2. The summed E-state index contributed by atoms with van der Waals surface area (Å²) in [4.78, 5) is 11.3. The summed E-state index contributed by atoms with van der Waals surface area (Å²) in [6.45, 7) is 3.20. The van der Waals surface area contributed by atoms with Crippen LogP contribution in [-0.2, 0) is 17.8 Å². The molecule has 0 fully saturated rings. The van der Waals surface area contributed by atoms with E-state index in [1.165, 1.54) is 12.1 Å². The van der Waals surface area contributed by atoms with Crippen LogP contribution in [0.4, 0.5) is 4.39 Å². The van der Waals surface area contributed by atoms with E-state index in [2.05, 4.69) is 6.92 Å². The topological polar surface area (TPSA) is 64.3 Å². The van der Waals surface area contributed by atoms with Gasteiger partial charge in [0.05, 0.1) is 31.0 Å². The number of nitrogens with zero attached hydrogens (tertiary/aromatic N) is 2. The first-order valence-corrected chi connectivity index (χ1v) is 11.4. The first-order valence-electron chi connectivity index (χ1n) is 11.4. The van der Waals surface area contributed by atoms with Crippen LogP contribution in [0.5, 0.6) is 5.75 Å². The van der Waals surface area contributed by atoms with Crippen molar-refractivity contribution in [1.82, 2.24) is 9.78 Å². The lowest BCUT2D eigenvalue weighted by atomic mass is 10.0. The van der Waals surface area contributed by atoms with Crippen LogP contribution in [0.1, 0.15) is 30.9 Å². The smallest absolute Gasteiger partial charge is 0.307 e. The Kier molecular flexibility index (Phi) is 7.38. The zero-order chi connectivity index (χ0) is 23.9. The molecule has 1 heterocycles. The molecule has 1 aromatic heterocycles. The third-order valence-electron chi connectivity index (χ3n) is 5.53. The summed E-state index contributed by atoms with van der Waals surface area (Å²) < 4.78 is 21.5. The Balaban J connectivity index is 1.80. The van der Waals surface area contributed by atoms with Crippen molar-refractivity contribution in [3.05, 3.63) is 95.8 Å². The van der Waals surface area contributed by atoms with Crippen molar-refractivity contribution in [2.45, 2.75) is 32.7 Å². The van der Waals surface area contributed by atoms with Crippen LogP contribution in [0.25, 0.3) is 22.5 Å². The van der Waals surface area contributed by atoms with Gasteiger partial charge in [-0.15, -0.1) is 0 Å². The van der Waals surface area contributed by atoms with Crippen LogP contribution in [0.2, 0.25) is 0 Å². The summed E-state index contributed by atoms with van der Waals surface area (Å²) in [6, 6.07) is 23.7. The van der Waals surface area contributed by atoms with E-state index in [4.69, 9.17) is 9.84 Å². The minimum absolute atomic E-state index is 0.0855. The average Bonchev–Trinajstić information content (AvgIpc) is 3.24. The number of carboxylic acid groups (broad SMARTS) is 1. The molecule has 0 radical (unpaired) electrons. The van der Waals surface area contributed by atoms with E-state index < -0.39 is 5.97 Å². The summed E-state index contributed by atoms with van der Waals surface area (Å²) in [5, 5.41) is 14.2. The highest BCUT2D eigenvalue weighted by atomic mass is 19.1. The Bertz CT molecular complexity index is 1250. The fourth-order valence-corrected chi connectivity index (χ4v) is 3.79. The van der Waals surface area contributed by atoms with E-state index in [1.807, 2.05) is 53.2 Å². The maximum atomic E-state index is 13.6. The molecule has 4 rings (SSSR count). The van der Waals surface area contributed by atoms with E-state index in [0.717, 1.165) is 35.2 Å². The van der Waals surface area contributed by atoms with Crippen molar-refractivity contribution in [3.8, 4) is 28.3 Å². The van der Waals surface area contributed by atoms with Gasteiger partial charge in [0.2, 0.25) is 0 Å². The number of rotatable bonds is 10. The summed E-state index contributed by atoms with van der Waals surface area (Å²) in [6.07, 6.45) is 1.84. The maximum Gasteiger partial charge on any atom is 0.307 e. The van der Waals surface area contributed by atoms with Gasteiger partial charge >= 0.3 is 5.97 Å². The van der Waals surface area contributed by atoms with Crippen LogP contribution in [0.15, 0.2) is 78.9 Å². The number of benzene rings is 3. The number of unbranched alkanes of at least 4 members (excludes halogenated alkanes) is 1. The van der Waals surface area contributed by atoms with Crippen molar-refractivity contribution in [2.24, 2.45) is 0 Å². The second kappa shape index (κ2) is 10.8. The molecule has 0 unspecified atom stereocenters. The van der Waals surface area contributed by atoms with E-state index in [9.17, 15) is 14.3 Å². The van der Waals surface area contributed by atoms with Gasteiger partial charge < -0.3 is 9.84 Å². The zero-order valence-electron chi connectivity index (χ0n) is 19.1. The summed E-state index contributed by atoms with van der Waals surface area (Å²) in [7, 11) is 0. The monoisotopic (exact) mass is 458 g/mol. The molecule has 4 aromatic rings. The molecule has 0 aliphatic carbocycles. The molecule has 3 aromatic carbocycles. The minimum atomic E-state index is -0.896. The Morgan fingerprint density at radius 2 is 1.76 bits per heavy atom. The lowest BCUT2D eigenvalue weighted by Crippen LogP contribution is -2.05. The number of ether oxygens (including phenoxy) is 1. The molecule has 1 N–H and O–H groups in total. The van der Waals surface area contributed by atoms with Gasteiger partial charge in [-0.1, -0.05) is 49.7 Å². The predicted molar refractivity (Wildman–Crippen MR) is 130 cm³/mol. The van der Waals surface area contributed by atoms with Crippen LogP contribution in [0.3, 0.4) is 0 Å². The maximum absolute atomic E-state index is 13.6. The molecule has 0 saturated heterocycles. The molecule has 174 valence electrons. The third kappa shape index (κ3) is 5.70. The quantitative estimate of drug-likeness (QED) is 0.287. The molecular formula is C28H27FN2O3. The number of aliphatic carboxylic acids is 1. The number of carboxylic acids is 1. The van der Waals surface area contributed by atoms with Gasteiger partial charge in [0, 0.05) is 11.1 Å². The molecule has 0 amide bonds. The fraction of sp³-hybridized carbons (Fsp3) is 0.214. The van der Waals surface area contributed by atoms with Gasteiger partial charge in [-0.3, -0.25) is 9.48 Å². The standard InChI is InChI=1S/C28H27FN2O3/c1-2-3-15-34-27-14-9-21(17-28(32)33)16-24(27)25-18-26(22-10-12-23(29)13-11-22)31(30-25)19-20-7-5-4-6-8-20/h4-14,16,18H,2-3,15,17,19H2,1H3,(H,32,33). The second-order valence-electron chi connectivity index (χ2n) is 8.17. The number of carbonyl (C=O) groups is 1. The molecule has 6 heteroatoms. The third-order valence-corrected chi connectivity index (χ3v) is 5.53. The fourth-order valence-electron chi connectivity index (χ4n) is 3.79. The molecule has 0 bridgehead atoms. The van der Waals surface area contributed by atoms with Crippen molar-refractivity contribution >= 4 is 5.97 Å². The SMILES string of the molecule is CCCCOc1ccc(CC(=O)O)cc1-c1cc(-c2ccc(F)cc2)n(Cc2ccccc2)n1. The lowest BCUT2D eigenvalue weighted by molar-refractivity contribution is -0.136. The van der Waals surface area contributed by atoms with E-state index >= 15 is 0 Å². The number of halogens is 1. The van der Waals surface area contributed by atoms with Crippen LogP contribution in [-0.4, -0.2) is 27.5 Å². The Labute approximate surface area is 198 Å². The van der Waals surface area contributed by atoms with Crippen LogP contribution < -0.4 is 4.74 Å². The molecule has 0 atom stereocenters. The highest BCUT2D eigenvalue weighted by Gasteiger charge is 2.17. The number of aromatic nitrogens is 2. The Morgan fingerprint density at radius 1 is 1.00 bits per heavy atom. The van der Waals surface area contributed by atoms with Gasteiger partial charge in [-0.25, -0.2) is 4.39 Å². The Morgan fingerprint density at radius 3 is 2.47 bits per heavy atom. The molecule has 5 nitrogen and oxygen atoms in total. The van der Waals surface area contributed by atoms with Crippen LogP contribution >= 0.6 is 0 Å². The number of hydrogen-bond acceptors (Lipinski definition) is 3. The molecule has 0 aliphatic rings. The summed E-state index contributed by atoms with van der Waals surface area (Å²) in [5.41, 5.74) is 4.85. The van der Waals surface area contributed by atoms with E-state index in [1.54, 1.807) is 18.2 Å². The van der Waals surface area contributed by atoms with Gasteiger partial charge in [0.1, 0.15) is 11.6 Å². The first-order chi connectivity index (χ1) is 16.5. The molecule has 0 aliphatic heterocycles. The van der Waals surface area contributed by atoms with Crippen molar-refractivity contribution in [3.63, 3.8) is 0 Å². The average molecular weight is 459 g/mol.